The van der Waals surface area contributed by atoms with E-state index in [0.717, 1.165) is 42.6 Å². The van der Waals surface area contributed by atoms with E-state index in [1.54, 1.807) is 16.7 Å². The van der Waals surface area contributed by atoms with Crippen molar-refractivity contribution in [1.29, 1.82) is 0 Å². The first-order valence-corrected chi connectivity index (χ1v) is 14.6. The minimum absolute atomic E-state index is 0.0550. The molecule has 3 aromatic carbocycles. The summed E-state index contributed by atoms with van der Waals surface area (Å²) in [6.07, 6.45) is 5.93. The van der Waals surface area contributed by atoms with Gasteiger partial charge in [-0.3, -0.25) is 9.59 Å². The van der Waals surface area contributed by atoms with Crippen molar-refractivity contribution in [2.75, 3.05) is 5.75 Å². The van der Waals surface area contributed by atoms with Crippen LogP contribution in [0.15, 0.2) is 84.9 Å². The number of amides is 2. The Kier molecular flexibility index (Phi) is 10.5. The summed E-state index contributed by atoms with van der Waals surface area (Å²) in [6, 6.07) is 27.2. The third-order valence-corrected chi connectivity index (χ3v) is 8.22. The standard InChI is InChI=1S/C31H35ClN2O2S/c32-28-19-11-10-16-26(28)21-34(30(35)23-37-22-25-14-6-2-7-15-25)29(20-24-12-4-1-5-13-24)31(36)33-27-17-8-3-9-18-27/h1-2,4-7,10-16,19,27,29H,3,8-9,17-18,20-23H2,(H,33,36)/t29-/m0/s1. The quantitative estimate of drug-likeness (QED) is 0.299. The zero-order valence-electron chi connectivity index (χ0n) is 21.2. The van der Waals surface area contributed by atoms with Crippen molar-refractivity contribution in [3.63, 3.8) is 0 Å². The maximum atomic E-state index is 13.8. The molecule has 1 aliphatic carbocycles. The number of hydrogen-bond acceptors (Lipinski definition) is 3. The molecule has 0 radical (unpaired) electrons. The Morgan fingerprint density at radius 2 is 1.49 bits per heavy atom. The van der Waals surface area contributed by atoms with Crippen LogP contribution in [-0.4, -0.2) is 34.6 Å². The fourth-order valence-corrected chi connectivity index (χ4v) is 5.89. The van der Waals surface area contributed by atoms with Crippen LogP contribution in [0, 0.1) is 0 Å². The molecule has 4 nitrogen and oxygen atoms in total. The molecule has 0 spiro atoms. The molecule has 4 rings (SSSR count). The summed E-state index contributed by atoms with van der Waals surface area (Å²) in [5.41, 5.74) is 3.04. The van der Waals surface area contributed by atoms with Crippen molar-refractivity contribution in [2.24, 2.45) is 0 Å². The molecule has 2 amide bonds. The smallest absolute Gasteiger partial charge is 0.243 e. The predicted molar refractivity (Wildman–Crippen MR) is 154 cm³/mol. The van der Waals surface area contributed by atoms with Crippen LogP contribution in [0.1, 0.15) is 48.8 Å². The van der Waals surface area contributed by atoms with E-state index in [0.29, 0.717) is 23.7 Å². The van der Waals surface area contributed by atoms with Gasteiger partial charge >= 0.3 is 0 Å². The summed E-state index contributed by atoms with van der Waals surface area (Å²) in [4.78, 5) is 29.3. The molecule has 1 aliphatic rings. The van der Waals surface area contributed by atoms with Gasteiger partial charge in [0.25, 0.3) is 0 Å². The van der Waals surface area contributed by atoms with Crippen molar-refractivity contribution in [3.05, 3.63) is 107 Å². The number of benzene rings is 3. The van der Waals surface area contributed by atoms with Gasteiger partial charge < -0.3 is 10.2 Å². The summed E-state index contributed by atoms with van der Waals surface area (Å²) < 4.78 is 0. The van der Waals surface area contributed by atoms with Gasteiger partial charge in [0.1, 0.15) is 6.04 Å². The van der Waals surface area contributed by atoms with Gasteiger partial charge in [0, 0.05) is 29.8 Å². The molecule has 1 atom stereocenters. The minimum atomic E-state index is -0.620. The number of halogens is 1. The molecule has 0 heterocycles. The molecule has 3 aromatic rings. The highest BCUT2D eigenvalue weighted by molar-refractivity contribution is 7.99. The van der Waals surface area contributed by atoms with E-state index in [2.05, 4.69) is 17.4 Å². The van der Waals surface area contributed by atoms with Crippen LogP contribution in [-0.2, 0) is 28.3 Å². The van der Waals surface area contributed by atoms with Gasteiger partial charge in [0.05, 0.1) is 5.75 Å². The first-order chi connectivity index (χ1) is 18.1. The molecular formula is C31H35ClN2O2S. The normalized spacial score (nSPS) is 14.6. The Hall–Kier alpha value is -2.76. The summed E-state index contributed by atoms with van der Waals surface area (Å²) in [5.74, 6) is 0.899. The van der Waals surface area contributed by atoms with Gasteiger partial charge in [-0.2, -0.15) is 0 Å². The highest BCUT2D eigenvalue weighted by Gasteiger charge is 2.32. The minimum Gasteiger partial charge on any atom is -0.352 e. The number of nitrogens with zero attached hydrogens (tertiary/aromatic N) is 1. The maximum absolute atomic E-state index is 13.8. The van der Waals surface area contributed by atoms with Crippen LogP contribution in [0.4, 0.5) is 0 Å². The lowest BCUT2D eigenvalue weighted by atomic mass is 9.94. The Morgan fingerprint density at radius 1 is 0.865 bits per heavy atom. The second kappa shape index (κ2) is 14.3. The number of rotatable bonds is 11. The highest BCUT2D eigenvalue weighted by Crippen LogP contribution is 2.23. The van der Waals surface area contributed by atoms with Gasteiger partial charge in [0.15, 0.2) is 0 Å². The number of hydrogen-bond donors (Lipinski definition) is 1. The molecule has 0 aliphatic heterocycles. The molecule has 0 bridgehead atoms. The Morgan fingerprint density at radius 3 is 2.16 bits per heavy atom. The third-order valence-electron chi connectivity index (χ3n) is 6.86. The van der Waals surface area contributed by atoms with Crippen molar-refractivity contribution in [2.45, 2.75) is 62.9 Å². The molecule has 0 unspecified atom stereocenters. The molecule has 0 aromatic heterocycles. The van der Waals surface area contributed by atoms with Crippen molar-refractivity contribution >= 4 is 35.2 Å². The van der Waals surface area contributed by atoms with Crippen molar-refractivity contribution in [3.8, 4) is 0 Å². The Balaban J connectivity index is 1.57. The predicted octanol–water partition coefficient (Wildman–Crippen LogP) is 6.66. The molecule has 1 N–H and O–H groups in total. The van der Waals surface area contributed by atoms with Gasteiger partial charge in [-0.1, -0.05) is 110 Å². The zero-order chi connectivity index (χ0) is 25.9. The summed E-state index contributed by atoms with van der Waals surface area (Å²) >= 11 is 8.09. The fourth-order valence-electron chi connectivity index (χ4n) is 4.82. The van der Waals surface area contributed by atoms with Gasteiger partial charge in [-0.25, -0.2) is 0 Å². The van der Waals surface area contributed by atoms with E-state index in [1.165, 1.54) is 12.0 Å². The second-order valence-electron chi connectivity index (χ2n) is 9.64. The van der Waals surface area contributed by atoms with E-state index < -0.39 is 6.04 Å². The van der Waals surface area contributed by atoms with Gasteiger partial charge in [-0.15, -0.1) is 11.8 Å². The molecular weight excluding hydrogens is 500 g/mol. The third kappa shape index (κ3) is 8.37. The summed E-state index contributed by atoms with van der Waals surface area (Å²) in [6.45, 7) is 0.292. The van der Waals surface area contributed by atoms with Crippen LogP contribution in [0.5, 0.6) is 0 Å². The highest BCUT2D eigenvalue weighted by atomic mass is 35.5. The topological polar surface area (TPSA) is 49.4 Å². The van der Waals surface area contributed by atoms with E-state index >= 15 is 0 Å². The van der Waals surface area contributed by atoms with Crippen LogP contribution < -0.4 is 5.32 Å². The molecule has 37 heavy (non-hydrogen) atoms. The van der Waals surface area contributed by atoms with Gasteiger partial charge in [-0.05, 0) is 35.6 Å². The SMILES string of the molecule is O=C(NC1CCCCC1)[C@H](Cc1ccccc1)N(Cc1ccccc1Cl)C(=O)CSCc1ccccc1. The fraction of sp³-hybridized carbons (Fsp3) is 0.355. The molecule has 1 fully saturated rings. The largest absolute Gasteiger partial charge is 0.352 e. The zero-order valence-corrected chi connectivity index (χ0v) is 22.7. The van der Waals surface area contributed by atoms with Gasteiger partial charge in [0.2, 0.25) is 11.8 Å². The maximum Gasteiger partial charge on any atom is 0.243 e. The first kappa shape index (κ1) is 27.3. The average molecular weight is 535 g/mol. The first-order valence-electron chi connectivity index (χ1n) is 13.1. The van der Waals surface area contributed by atoms with E-state index in [9.17, 15) is 9.59 Å². The Labute approximate surface area is 229 Å². The summed E-state index contributed by atoms with van der Waals surface area (Å²) in [7, 11) is 0. The summed E-state index contributed by atoms with van der Waals surface area (Å²) in [5, 5.41) is 3.88. The van der Waals surface area contributed by atoms with E-state index in [1.807, 2.05) is 72.8 Å². The molecule has 1 saturated carbocycles. The van der Waals surface area contributed by atoms with E-state index in [-0.39, 0.29) is 17.9 Å². The number of carbonyl (C=O) groups is 2. The lowest BCUT2D eigenvalue weighted by Crippen LogP contribution is -2.53. The molecule has 0 saturated heterocycles. The van der Waals surface area contributed by atoms with Crippen molar-refractivity contribution in [1.82, 2.24) is 10.2 Å². The second-order valence-corrected chi connectivity index (χ2v) is 11.0. The number of nitrogens with one attached hydrogen (secondary N) is 1. The average Bonchev–Trinajstić information content (AvgIpc) is 2.93. The lowest BCUT2D eigenvalue weighted by molar-refractivity contribution is -0.139. The molecule has 6 heteroatoms. The van der Waals surface area contributed by atoms with Crippen LogP contribution >= 0.6 is 23.4 Å². The lowest BCUT2D eigenvalue weighted by Gasteiger charge is -2.33. The van der Waals surface area contributed by atoms with Crippen LogP contribution in [0.2, 0.25) is 5.02 Å². The number of carbonyl (C=O) groups excluding carboxylic acids is 2. The monoisotopic (exact) mass is 534 g/mol. The number of thioether (sulfide) groups is 1. The van der Waals surface area contributed by atoms with Crippen LogP contribution in [0.25, 0.3) is 0 Å². The van der Waals surface area contributed by atoms with Crippen LogP contribution in [0.3, 0.4) is 0 Å². The van der Waals surface area contributed by atoms with Crippen molar-refractivity contribution < 1.29 is 9.59 Å². The van der Waals surface area contributed by atoms with E-state index in [4.69, 9.17) is 11.6 Å². The molecule has 194 valence electrons. The Bertz CT molecular complexity index is 1140.